The van der Waals surface area contributed by atoms with Gasteiger partial charge in [0.25, 0.3) is 5.91 Å². The molecule has 0 spiro atoms. The molecular weight excluding hydrogens is 282 g/mol. The van der Waals surface area contributed by atoms with Crippen LogP contribution >= 0.6 is 0 Å². The first-order valence-electron chi connectivity index (χ1n) is 6.66. The first-order chi connectivity index (χ1) is 10.7. The van der Waals surface area contributed by atoms with Crippen LogP contribution in [0.1, 0.15) is 16.2 Å². The SMILES string of the molecule is O=C(NCc1cccnc1)c1nn(-c2ccccc2)c(=O)[nH]1. The van der Waals surface area contributed by atoms with Crippen molar-refractivity contribution >= 4 is 5.91 Å². The highest BCUT2D eigenvalue weighted by atomic mass is 16.2. The van der Waals surface area contributed by atoms with Gasteiger partial charge in [-0.15, -0.1) is 5.10 Å². The molecule has 0 aliphatic carbocycles. The van der Waals surface area contributed by atoms with Crippen LogP contribution in [0, 0.1) is 0 Å². The normalized spacial score (nSPS) is 10.4. The van der Waals surface area contributed by atoms with Gasteiger partial charge in [-0.3, -0.25) is 14.8 Å². The molecule has 2 heterocycles. The predicted molar refractivity (Wildman–Crippen MR) is 79.6 cm³/mol. The first kappa shape index (κ1) is 13.7. The van der Waals surface area contributed by atoms with E-state index in [2.05, 4.69) is 20.4 Å². The summed E-state index contributed by atoms with van der Waals surface area (Å²) in [5.74, 6) is -0.478. The number of nitrogens with one attached hydrogen (secondary N) is 2. The first-order valence-corrected chi connectivity index (χ1v) is 6.66. The van der Waals surface area contributed by atoms with Gasteiger partial charge in [0.15, 0.2) is 0 Å². The molecule has 1 amide bonds. The number of aromatic amines is 1. The summed E-state index contributed by atoms with van der Waals surface area (Å²) in [6.45, 7) is 0.312. The van der Waals surface area contributed by atoms with Crippen LogP contribution < -0.4 is 11.0 Å². The van der Waals surface area contributed by atoms with Crippen molar-refractivity contribution in [2.24, 2.45) is 0 Å². The molecule has 2 aromatic heterocycles. The van der Waals surface area contributed by atoms with Crippen molar-refractivity contribution < 1.29 is 4.79 Å². The van der Waals surface area contributed by atoms with Crippen molar-refractivity contribution in [2.75, 3.05) is 0 Å². The standard InChI is InChI=1S/C15H13N5O2/c21-14(17-10-11-5-4-8-16-9-11)13-18-15(22)20(19-13)12-6-2-1-3-7-12/h1-9H,10H2,(H,17,21)(H,18,19,22). The van der Waals surface area contributed by atoms with E-state index in [1.165, 1.54) is 0 Å². The van der Waals surface area contributed by atoms with Gasteiger partial charge in [-0.05, 0) is 23.8 Å². The molecule has 0 atom stereocenters. The van der Waals surface area contributed by atoms with Crippen molar-refractivity contribution in [3.63, 3.8) is 0 Å². The maximum absolute atomic E-state index is 12.0. The lowest BCUT2D eigenvalue weighted by Crippen LogP contribution is -2.24. The number of hydrogen-bond donors (Lipinski definition) is 2. The van der Waals surface area contributed by atoms with Gasteiger partial charge in [0, 0.05) is 18.9 Å². The van der Waals surface area contributed by atoms with E-state index < -0.39 is 11.6 Å². The molecule has 0 fully saturated rings. The molecule has 7 heteroatoms. The van der Waals surface area contributed by atoms with Crippen molar-refractivity contribution in [2.45, 2.75) is 6.54 Å². The Labute approximate surface area is 125 Å². The van der Waals surface area contributed by atoms with E-state index in [-0.39, 0.29) is 5.82 Å². The minimum atomic E-state index is -0.460. The van der Waals surface area contributed by atoms with Crippen molar-refractivity contribution in [1.82, 2.24) is 25.1 Å². The topological polar surface area (TPSA) is 92.7 Å². The molecule has 0 aliphatic heterocycles. The summed E-state index contributed by atoms with van der Waals surface area (Å²) >= 11 is 0. The molecule has 7 nitrogen and oxygen atoms in total. The number of benzene rings is 1. The number of pyridine rings is 1. The third-order valence-corrected chi connectivity index (χ3v) is 3.01. The van der Waals surface area contributed by atoms with E-state index in [1.807, 2.05) is 12.1 Å². The highest BCUT2D eigenvalue weighted by Gasteiger charge is 2.13. The summed E-state index contributed by atoms with van der Waals surface area (Å²) in [7, 11) is 0. The lowest BCUT2D eigenvalue weighted by atomic mass is 10.3. The maximum Gasteiger partial charge on any atom is 0.348 e. The minimum Gasteiger partial charge on any atom is -0.345 e. The molecule has 2 N–H and O–H groups in total. The van der Waals surface area contributed by atoms with Gasteiger partial charge < -0.3 is 5.32 Å². The largest absolute Gasteiger partial charge is 0.348 e. The fraction of sp³-hybridized carbons (Fsp3) is 0.0667. The van der Waals surface area contributed by atoms with Crippen LogP contribution in [0.15, 0.2) is 59.7 Å². The Hall–Kier alpha value is -3.22. The molecule has 110 valence electrons. The Morgan fingerprint density at radius 2 is 2.00 bits per heavy atom. The monoisotopic (exact) mass is 295 g/mol. The number of carbonyl (C=O) groups is 1. The second kappa shape index (κ2) is 6.04. The summed E-state index contributed by atoms with van der Waals surface area (Å²) in [5.41, 5.74) is 0.994. The summed E-state index contributed by atoms with van der Waals surface area (Å²) in [5, 5.41) is 6.70. The van der Waals surface area contributed by atoms with Gasteiger partial charge in [0.1, 0.15) is 0 Å². The van der Waals surface area contributed by atoms with E-state index in [9.17, 15) is 9.59 Å². The Morgan fingerprint density at radius 1 is 1.18 bits per heavy atom. The summed E-state index contributed by atoms with van der Waals surface area (Å²) < 4.78 is 1.15. The molecular formula is C15H13N5O2. The Balaban J connectivity index is 1.75. The van der Waals surface area contributed by atoms with E-state index in [0.717, 1.165) is 10.2 Å². The summed E-state index contributed by atoms with van der Waals surface area (Å²) in [6.07, 6.45) is 3.32. The minimum absolute atomic E-state index is 0.0299. The van der Waals surface area contributed by atoms with Crippen LogP contribution in [0.5, 0.6) is 0 Å². The quantitative estimate of drug-likeness (QED) is 0.747. The van der Waals surface area contributed by atoms with Gasteiger partial charge >= 0.3 is 5.69 Å². The number of rotatable bonds is 4. The molecule has 0 aliphatic rings. The molecule has 3 rings (SSSR count). The van der Waals surface area contributed by atoms with Crippen molar-refractivity contribution in [3.05, 3.63) is 76.7 Å². The molecule has 22 heavy (non-hydrogen) atoms. The Kier molecular flexibility index (Phi) is 3.78. The average Bonchev–Trinajstić information content (AvgIpc) is 2.96. The smallest absolute Gasteiger partial charge is 0.345 e. The van der Waals surface area contributed by atoms with Gasteiger partial charge in [-0.1, -0.05) is 24.3 Å². The molecule has 1 aromatic carbocycles. The number of para-hydroxylation sites is 1. The third kappa shape index (κ3) is 2.93. The van der Waals surface area contributed by atoms with Crippen molar-refractivity contribution in [1.29, 1.82) is 0 Å². The third-order valence-electron chi connectivity index (χ3n) is 3.01. The van der Waals surface area contributed by atoms with Crippen LogP contribution in [0.4, 0.5) is 0 Å². The van der Waals surface area contributed by atoms with E-state index in [0.29, 0.717) is 12.2 Å². The fourth-order valence-corrected chi connectivity index (χ4v) is 1.94. The number of nitrogens with zero attached hydrogens (tertiary/aromatic N) is 3. The zero-order valence-electron chi connectivity index (χ0n) is 11.6. The predicted octanol–water partition coefficient (Wildman–Crippen LogP) is 0.886. The van der Waals surface area contributed by atoms with Crippen LogP contribution in [-0.2, 0) is 6.54 Å². The van der Waals surface area contributed by atoms with E-state index in [1.54, 1.807) is 42.7 Å². The van der Waals surface area contributed by atoms with E-state index >= 15 is 0 Å². The second-order valence-electron chi connectivity index (χ2n) is 4.57. The fourth-order valence-electron chi connectivity index (χ4n) is 1.94. The van der Waals surface area contributed by atoms with Crippen LogP contribution in [0.2, 0.25) is 0 Å². The highest BCUT2D eigenvalue weighted by Crippen LogP contribution is 2.02. The molecule has 0 bridgehead atoms. The number of carbonyl (C=O) groups excluding carboxylic acids is 1. The second-order valence-corrected chi connectivity index (χ2v) is 4.57. The zero-order valence-corrected chi connectivity index (χ0v) is 11.6. The van der Waals surface area contributed by atoms with Crippen molar-refractivity contribution in [3.8, 4) is 5.69 Å². The highest BCUT2D eigenvalue weighted by molar-refractivity contribution is 5.90. The maximum atomic E-state index is 12.0. The van der Waals surface area contributed by atoms with Gasteiger partial charge in [0.2, 0.25) is 5.82 Å². The van der Waals surface area contributed by atoms with E-state index in [4.69, 9.17) is 0 Å². The number of aromatic nitrogens is 4. The Bertz CT molecular complexity index is 824. The number of hydrogen-bond acceptors (Lipinski definition) is 4. The molecule has 0 saturated heterocycles. The number of amides is 1. The van der Waals surface area contributed by atoms with Gasteiger partial charge in [-0.2, -0.15) is 4.68 Å². The van der Waals surface area contributed by atoms with Crippen LogP contribution in [0.3, 0.4) is 0 Å². The molecule has 3 aromatic rings. The van der Waals surface area contributed by atoms with Gasteiger partial charge in [0.05, 0.1) is 5.69 Å². The Morgan fingerprint density at radius 3 is 2.73 bits per heavy atom. The molecule has 0 radical (unpaired) electrons. The van der Waals surface area contributed by atoms with Gasteiger partial charge in [-0.25, -0.2) is 4.79 Å². The van der Waals surface area contributed by atoms with Crippen LogP contribution in [-0.4, -0.2) is 25.7 Å². The average molecular weight is 295 g/mol. The zero-order chi connectivity index (χ0) is 15.4. The summed E-state index contributed by atoms with van der Waals surface area (Å²) in [4.78, 5) is 30.3. The van der Waals surface area contributed by atoms with Crippen LogP contribution in [0.25, 0.3) is 5.69 Å². The molecule has 0 saturated carbocycles. The lowest BCUT2D eigenvalue weighted by molar-refractivity contribution is 0.0940. The molecule has 0 unspecified atom stereocenters. The summed E-state index contributed by atoms with van der Waals surface area (Å²) in [6, 6.07) is 12.5. The lowest BCUT2D eigenvalue weighted by Gasteiger charge is -2.02. The number of H-pyrrole nitrogens is 1.